The van der Waals surface area contributed by atoms with Gasteiger partial charge in [-0.15, -0.1) is 0 Å². The van der Waals surface area contributed by atoms with E-state index in [9.17, 15) is 25.1 Å². The molecule has 0 heterocycles. The van der Waals surface area contributed by atoms with Crippen LogP contribution in [0.15, 0.2) is 23.3 Å². The van der Waals surface area contributed by atoms with Gasteiger partial charge in [0.25, 0.3) is 11.6 Å². The lowest BCUT2D eigenvalue weighted by Gasteiger charge is -2.61. The Bertz CT molecular complexity index is 1170. The van der Waals surface area contributed by atoms with E-state index in [1.807, 2.05) is 0 Å². The second-order valence-corrected chi connectivity index (χ2v) is 12.8. The van der Waals surface area contributed by atoms with Crippen molar-refractivity contribution in [1.82, 2.24) is 5.32 Å². The minimum absolute atomic E-state index is 0.126. The zero-order valence-electron chi connectivity index (χ0n) is 22.3. The maximum Gasteiger partial charge on any atom is 0.282 e. The van der Waals surface area contributed by atoms with E-state index < -0.39 is 16.4 Å². The summed E-state index contributed by atoms with van der Waals surface area (Å²) in [5.41, 5.74) is 7.42. The highest BCUT2D eigenvalue weighted by Gasteiger charge is 2.64. The molecule has 5 rings (SSSR count). The first-order chi connectivity index (χ1) is 18.0. The molecule has 0 aromatic heterocycles. The number of fused-ring (bicyclic) bond motifs is 5. The number of hydrogen-bond donors (Lipinski definition) is 3. The standard InChI is InChI=1S/C28H39N5O5/c1-26-10-7-19(34)15-17(26)3-5-20-22(26)8-11-27(2)23(20)9-12-28(27,36)13-14-30-25(35)21-16-18(31-32-29)4-6-24(21)33(37)38/h4,6,16-17,19-20,22-23,34,36H,3,5,7-15H2,1-2H3,(H,30,35)/t17-,19-,20+,22-,23-,26-,27-,28+/m0/s1. The second-order valence-electron chi connectivity index (χ2n) is 12.8. The molecule has 0 spiro atoms. The fraction of sp³-hybridized carbons (Fsp3) is 0.750. The third-order valence-electron chi connectivity index (χ3n) is 11.4. The maximum atomic E-state index is 12.9. The van der Waals surface area contributed by atoms with Gasteiger partial charge in [0.15, 0.2) is 0 Å². The van der Waals surface area contributed by atoms with Crippen molar-refractivity contribution < 1.29 is 19.9 Å². The molecule has 4 saturated carbocycles. The molecule has 0 aliphatic heterocycles. The summed E-state index contributed by atoms with van der Waals surface area (Å²) in [5, 5.41) is 39.9. The van der Waals surface area contributed by atoms with Crippen LogP contribution in [0.4, 0.5) is 11.4 Å². The van der Waals surface area contributed by atoms with Crippen LogP contribution in [-0.2, 0) is 0 Å². The van der Waals surface area contributed by atoms with Crippen LogP contribution in [0.3, 0.4) is 0 Å². The zero-order chi connectivity index (χ0) is 27.3. The molecule has 3 N–H and O–H groups in total. The molecule has 1 aromatic carbocycles. The predicted molar refractivity (Wildman–Crippen MR) is 142 cm³/mol. The highest BCUT2D eigenvalue weighted by Crippen LogP contribution is 2.68. The van der Waals surface area contributed by atoms with Gasteiger partial charge < -0.3 is 15.5 Å². The number of carbonyl (C=O) groups excluding carboxylic acids is 1. The Labute approximate surface area is 223 Å². The molecule has 8 atom stereocenters. The molecule has 10 nitrogen and oxygen atoms in total. The lowest BCUT2D eigenvalue weighted by atomic mass is 9.44. The van der Waals surface area contributed by atoms with Crippen molar-refractivity contribution in [3.8, 4) is 0 Å². The molecule has 1 amide bonds. The van der Waals surface area contributed by atoms with Crippen molar-refractivity contribution >= 4 is 17.3 Å². The normalized spacial score (nSPS) is 39.7. The number of nitrogens with one attached hydrogen (secondary N) is 1. The first-order valence-corrected chi connectivity index (χ1v) is 14.0. The first kappa shape index (κ1) is 26.9. The third kappa shape index (κ3) is 4.27. The third-order valence-corrected chi connectivity index (χ3v) is 11.4. The van der Waals surface area contributed by atoms with Crippen LogP contribution in [0.2, 0.25) is 0 Å². The van der Waals surface area contributed by atoms with Gasteiger partial charge in [0.05, 0.1) is 16.6 Å². The number of nitrogens with zero attached hydrogens (tertiary/aromatic N) is 4. The van der Waals surface area contributed by atoms with Gasteiger partial charge in [-0.25, -0.2) is 0 Å². The monoisotopic (exact) mass is 525 g/mol. The molecule has 10 heteroatoms. The van der Waals surface area contributed by atoms with Crippen molar-refractivity contribution in [2.45, 2.75) is 89.8 Å². The summed E-state index contributed by atoms with van der Waals surface area (Å²) in [7, 11) is 0. The van der Waals surface area contributed by atoms with Crippen LogP contribution in [0.1, 0.15) is 88.4 Å². The lowest BCUT2D eigenvalue weighted by molar-refractivity contribution is -0.385. The van der Waals surface area contributed by atoms with Crippen molar-refractivity contribution in [3.05, 3.63) is 44.3 Å². The highest BCUT2D eigenvalue weighted by molar-refractivity contribution is 5.99. The van der Waals surface area contributed by atoms with Crippen LogP contribution in [0, 0.1) is 44.6 Å². The zero-order valence-corrected chi connectivity index (χ0v) is 22.3. The molecule has 38 heavy (non-hydrogen) atoms. The number of nitro benzene ring substituents is 1. The largest absolute Gasteiger partial charge is 0.393 e. The molecule has 4 aliphatic rings. The molecule has 206 valence electrons. The second kappa shape index (κ2) is 9.81. The van der Waals surface area contributed by atoms with Crippen LogP contribution in [0.5, 0.6) is 0 Å². The molecular weight excluding hydrogens is 486 g/mol. The number of nitro groups is 1. The molecule has 1 aromatic rings. The number of azide groups is 1. The molecule has 0 unspecified atom stereocenters. The van der Waals surface area contributed by atoms with Crippen molar-refractivity contribution in [2.75, 3.05) is 6.54 Å². The van der Waals surface area contributed by atoms with Crippen LogP contribution in [-0.4, -0.2) is 39.3 Å². The number of benzene rings is 1. The topological polar surface area (TPSA) is 161 Å². The Balaban J connectivity index is 1.27. The van der Waals surface area contributed by atoms with Gasteiger partial charge in [0.1, 0.15) is 5.56 Å². The molecule has 4 fully saturated rings. The van der Waals surface area contributed by atoms with Crippen molar-refractivity contribution in [1.29, 1.82) is 0 Å². The Morgan fingerprint density at radius 2 is 1.95 bits per heavy atom. The van der Waals surface area contributed by atoms with Gasteiger partial charge in [0.2, 0.25) is 0 Å². The average molecular weight is 526 g/mol. The number of amides is 1. The predicted octanol–water partition coefficient (Wildman–Crippen LogP) is 5.79. The van der Waals surface area contributed by atoms with E-state index in [1.54, 1.807) is 0 Å². The molecule has 4 aliphatic carbocycles. The Hall–Kier alpha value is -2.68. The molecular formula is C28H39N5O5. The van der Waals surface area contributed by atoms with Gasteiger partial charge in [0, 0.05) is 23.2 Å². The van der Waals surface area contributed by atoms with Crippen LogP contribution >= 0.6 is 0 Å². The fourth-order valence-electron chi connectivity index (χ4n) is 9.21. The SMILES string of the molecule is C[C@]12CC[C@H](O)C[C@@H]1CC[C@@H]1[C@@H]2CC[C@@]2(C)[C@H]1CC[C@@]2(O)CCNC(=O)c1cc(N=[N+]=[N-])ccc1[N+](=O)[O-]. The highest BCUT2D eigenvalue weighted by atomic mass is 16.6. The number of rotatable bonds is 6. The summed E-state index contributed by atoms with van der Waals surface area (Å²) >= 11 is 0. The van der Waals surface area contributed by atoms with Crippen molar-refractivity contribution in [3.63, 3.8) is 0 Å². The van der Waals surface area contributed by atoms with E-state index in [-0.39, 0.29) is 40.4 Å². The minimum Gasteiger partial charge on any atom is -0.393 e. The summed E-state index contributed by atoms with van der Waals surface area (Å²) in [6.07, 6.45) is 9.17. The van der Waals surface area contributed by atoms with E-state index >= 15 is 0 Å². The van der Waals surface area contributed by atoms with E-state index in [0.717, 1.165) is 57.4 Å². The molecule has 0 saturated heterocycles. The summed E-state index contributed by atoms with van der Waals surface area (Å²) in [4.78, 5) is 26.4. The smallest absolute Gasteiger partial charge is 0.282 e. The molecule has 0 radical (unpaired) electrons. The average Bonchev–Trinajstić information content (AvgIpc) is 3.15. The van der Waals surface area contributed by atoms with Gasteiger partial charge in [-0.05, 0) is 116 Å². The maximum absolute atomic E-state index is 12.9. The van der Waals surface area contributed by atoms with Gasteiger partial charge >= 0.3 is 0 Å². The lowest BCUT2D eigenvalue weighted by Crippen LogP contribution is -2.57. The number of aliphatic hydroxyl groups excluding tert-OH is 1. The van der Waals surface area contributed by atoms with Gasteiger partial charge in [-0.1, -0.05) is 19.0 Å². The Kier molecular flexibility index (Phi) is 6.95. The summed E-state index contributed by atoms with van der Waals surface area (Å²) in [6.45, 7) is 4.89. The summed E-state index contributed by atoms with van der Waals surface area (Å²) in [5.74, 6) is 1.63. The van der Waals surface area contributed by atoms with Crippen molar-refractivity contribution in [2.24, 2.45) is 39.6 Å². The number of carbonyl (C=O) groups is 1. The minimum atomic E-state index is -0.907. The summed E-state index contributed by atoms with van der Waals surface area (Å²) in [6, 6.07) is 3.68. The van der Waals surface area contributed by atoms with E-state index in [0.29, 0.717) is 36.5 Å². The number of hydrogen-bond acceptors (Lipinski definition) is 6. The molecule has 0 bridgehead atoms. The van der Waals surface area contributed by atoms with Crippen LogP contribution < -0.4 is 5.32 Å². The van der Waals surface area contributed by atoms with Crippen LogP contribution in [0.25, 0.3) is 10.4 Å². The number of aliphatic hydroxyl groups is 2. The van der Waals surface area contributed by atoms with E-state index in [2.05, 4.69) is 29.2 Å². The van der Waals surface area contributed by atoms with Gasteiger partial charge in [-0.2, -0.15) is 0 Å². The van der Waals surface area contributed by atoms with E-state index in [1.165, 1.54) is 12.1 Å². The summed E-state index contributed by atoms with van der Waals surface area (Å²) < 4.78 is 0. The van der Waals surface area contributed by atoms with E-state index in [4.69, 9.17) is 5.53 Å². The Morgan fingerprint density at radius 3 is 2.68 bits per heavy atom. The Morgan fingerprint density at radius 1 is 1.18 bits per heavy atom. The van der Waals surface area contributed by atoms with Gasteiger partial charge in [-0.3, -0.25) is 14.9 Å². The fourth-order valence-corrected chi connectivity index (χ4v) is 9.21. The quantitative estimate of drug-likeness (QED) is 0.140. The first-order valence-electron chi connectivity index (χ1n) is 14.0.